The van der Waals surface area contributed by atoms with Gasteiger partial charge in [0.2, 0.25) is 5.95 Å². The molecule has 0 aliphatic heterocycles. The Hall–Kier alpha value is -0.920. The quantitative estimate of drug-likeness (QED) is 0.595. The van der Waals surface area contributed by atoms with Crippen LogP contribution in [0.15, 0.2) is 18.3 Å². The average molecular weight is 153 g/mol. The van der Waals surface area contributed by atoms with E-state index in [1.54, 1.807) is 12.3 Å². The number of rotatable bonds is 2. The number of nitrogens with zero attached hydrogens (tertiary/aromatic N) is 1. The molecule has 1 atom stereocenters. The highest BCUT2D eigenvalue weighted by Crippen LogP contribution is 2.16. The second-order valence-corrected chi connectivity index (χ2v) is 2.72. The Morgan fingerprint density at radius 3 is 2.73 bits per heavy atom. The fourth-order valence-corrected chi connectivity index (χ4v) is 0.914. The molecule has 0 saturated carbocycles. The number of hydrogen-bond donors (Lipinski definition) is 0. The average Bonchev–Trinajstić information content (AvgIpc) is 2.05. The van der Waals surface area contributed by atoms with E-state index in [4.69, 9.17) is 0 Å². The zero-order valence-corrected chi connectivity index (χ0v) is 6.84. The highest BCUT2D eigenvalue weighted by Gasteiger charge is 2.01. The van der Waals surface area contributed by atoms with Gasteiger partial charge >= 0.3 is 0 Å². The third-order valence-corrected chi connectivity index (χ3v) is 1.93. The van der Waals surface area contributed by atoms with Gasteiger partial charge in [-0.2, -0.15) is 4.39 Å². The van der Waals surface area contributed by atoms with Gasteiger partial charge in [0.25, 0.3) is 0 Å². The first kappa shape index (κ1) is 8.18. The molecule has 60 valence electrons. The van der Waals surface area contributed by atoms with Crippen LogP contribution in [0, 0.1) is 5.95 Å². The summed E-state index contributed by atoms with van der Waals surface area (Å²) in [4.78, 5) is 3.58. The molecule has 0 bridgehead atoms. The lowest BCUT2D eigenvalue weighted by Crippen LogP contribution is -1.92. The molecule has 1 rings (SSSR count). The second-order valence-electron chi connectivity index (χ2n) is 2.72. The summed E-state index contributed by atoms with van der Waals surface area (Å²) in [6.45, 7) is 4.21. The first-order valence-corrected chi connectivity index (χ1v) is 3.85. The topological polar surface area (TPSA) is 12.9 Å². The molecule has 0 fully saturated rings. The van der Waals surface area contributed by atoms with E-state index in [9.17, 15) is 4.39 Å². The van der Waals surface area contributed by atoms with Crippen molar-refractivity contribution in [3.8, 4) is 0 Å². The van der Waals surface area contributed by atoms with Crippen LogP contribution in [0.4, 0.5) is 4.39 Å². The van der Waals surface area contributed by atoms with Gasteiger partial charge in [0.15, 0.2) is 0 Å². The SMILES string of the molecule is CCC(C)c1ccc(F)nc1. The smallest absolute Gasteiger partial charge is 0.212 e. The normalized spacial score (nSPS) is 13.0. The fraction of sp³-hybridized carbons (Fsp3) is 0.444. The summed E-state index contributed by atoms with van der Waals surface area (Å²) in [7, 11) is 0. The van der Waals surface area contributed by atoms with Crippen molar-refractivity contribution in [1.29, 1.82) is 0 Å². The maximum Gasteiger partial charge on any atom is 0.212 e. The number of halogens is 1. The summed E-state index contributed by atoms with van der Waals surface area (Å²) in [6, 6.07) is 3.19. The van der Waals surface area contributed by atoms with E-state index in [0.717, 1.165) is 12.0 Å². The summed E-state index contributed by atoms with van der Waals surface area (Å²) in [5.74, 6) is 0.0696. The van der Waals surface area contributed by atoms with Crippen molar-refractivity contribution in [2.24, 2.45) is 0 Å². The third kappa shape index (κ3) is 2.00. The van der Waals surface area contributed by atoms with Gasteiger partial charge in [-0.15, -0.1) is 0 Å². The van der Waals surface area contributed by atoms with Gasteiger partial charge in [-0.05, 0) is 24.0 Å². The van der Waals surface area contributed by atoms with Crippen LogP contribution in [0.5, 0.6) is 0 Å². The molecule has 0 aliphatic rings. The molecule has 1 aromatic rings. The van der Waals surface area contributed by atoms with Gasteiger partial charge < -0.3 is 0 Å². The van der Waals surface area contributed by atoms with Gasteiger partial charge in [0.1, 0.15) is 0 Å². The van der Waals surface area contributed by atoms with Crippen molar-refractivity contribution in [2.45, 2.75) is 26.2 Å². The largest absolute Gasteiger partial charge is 0.228 e. The predicted molar refractivity (Wildman–Crippen MR) is 42.9 cm³/mol. The Kier molecular flexibility index (Phi) is 2.58. The lowest BCUT2D eigenvalue weighted by molar-refractivity contribution is 0.579. The van der Waals surface area contributed by atoms with E-state index in [1.807, 2.05) is 0 Å². The number of hydrogen-bond acceptors (Lipinski definition) is 1. The first-order valence-electron chi connectivity index (χ1n) is 3.85. The monoisotopic (exact) mass is 153 g/mol. The molecule has 0 N–H and O–H groups in total. The highest BCUT2D eigenvalue weighted by atomic mass is 19.1. The van der Waals surface area contributed by atoms with E-state index in [-0.39, 0.29) is 0 Å². The Bertz CT molecular complexity index is 218. The summed E-state index contributed by atoms with van der Waals surface area (Å²) >= 11 is 0. The molecular formula is C9H12FN. The predicted octanol–water partition coefficient (Wildman–Crippen LogP) is 2.73. The molecule has 0 aliphatic carbocycles. The summed E-state index contributed by atoms with van der Waals surface area (Å²) in [5, 5.41) is 0. The number of aromatic nitrogens is 1. The van der Waals surface area contributed by atoms with Crippen LogP contribution in [0.2, 0.25) is 0 Å². The standard InChI is InChI=1S/C9H12FN/c1-3-7(2)8-4-5-9(10)11-6-8/h4-7H,3H2,1-2H3. The molecule has 1 heterocycles. The van der Waals surface area contributed by atoms with Crippen molar-refractivity contribution >= 4 is 0 Å². The highest BCUT2D eigenvalue weighted by molar-refractivity contribution is 5.13. The van der Waals surface area contributed by atoms with Crippen LogP contribution in [0.3, 0.4) is 0 Å². The number of pyridine rings is 1. The van der Waals surface area contributed by atoms with Crippen molar-refractivity contribution in [3.05, 3.63) is 29.8 Å². The Balaban J connectivity index is 2.81. The molecule has 0 spiro atoms. The Labute approximate surface area is 66.3 Å². The van der Waals surface area contributed by atoms with E-state index >= 15 is 0 Å². The lowest BCUT2D eigenvalue weighted by atomic mass is 10.0. The van der Waals surface area contributed by atoms with Crippen LogP contribution >= 0.6 is 0 Å². The van der Waals surface area contributed by atoms with Gasteiger partial charge in [-0.3, -0.25) is 0 Å². The van der Waals surface area contributed by atoms with Gasteiger partial charge in [-0.25, -0.2) is 4.98 Å². The van der Waals surface area contributed by atoms with Crippen LogP contribution in [-0.4, -0.2) is 4.98 Å². The van der Waals surface area contributed by atoms with E-state index in [2.05, 4.69) is 18.8 Å². The van der Waals surface area contributed by atoms with Gasteiger partial charge in [0.05, 0.1) is 0 Å². The molecule has 0 amide bonds. The molecule has 1 nitrogen and oxygen atoms in total. The molecule has 0 radical (unpaired) electrons. The van der Waals surface area contributed by atoms with E-state index in [0.29, 0.717) is 5.92 Å². The van der Waals surface area contributed by atoms with Crippen molar-refractivity contribution in [3.63, 3.8) is 0 Å². The second kappa shape index (κ2) is 3.46. The zero-order valence-electron chi connectivity index (χ0n) is 6.84. The fourth-order valence-electron chi connectivity index (χ4n) is 0.914. The van der Waals surface area contributed by atoms with Crippen LogP contribution in [0.25, 0.3) is 0 Å². The van der Waals surface area contributed by atoms with E-state index < -0.39 is 5.95 Å². The zero-order chi connectivity index (χ0) is 8.27. The molecule has 2 heteroatoms. The Morgan fingerprint density at radius 1 is 1.55 bits per heavy atom. The van der Waals surface area contributed by atoms with Crippen LogP contribution < -0.4 is 0 Å². The summed E-state index contributed by atoms with van der Waals surface area (Å²) < 4.78 is 12.3. The molecular weight excluding hydrogens is 141 g/mol. The minimum absolute atomic E-state index is 0.406. The summed E-state index contributed by atoms with van der Waals surface area (Å²) in [5.41, 5.74) is 1.11. The van der Waals surface area contributed by atoms with Crippen molar-refractivity contribution in [2.75, 3.05) is 0 Å². The summed E-state index contributed by atoms with van der Waals surface area (Å²) in [6.07, 6.45) is 2.66. The lowest BCUT2D eigenvalue weighted by Gasteiger charge is -2.06. The minimum atomic E-state index is -0.406. The molecule has 1 unspecified atom stereocenters. The maximum absolute atomic E-state index is 12.3. The van der Waals surface area contributed by atoms with E-state index in [1.165, 1.54) is 6.07 Å². The van der Waals surface area contributed by atoms with Crippen molar-refractivity contribution < 1.29 is 4.39 Å². The van der Waals surface area contributed by atoms with Crippen LogP contribution in [-0.2, 0) is 0 Å². The molecule has 1 aromatic heterocycles. The molecule has 0 saturated heterocycles. The molecule has 0 aromatic carbocycles. The minimum Gasteiger partial charge on any atom is -0.228 e. The van der Waals surface area contributed by atoms with Crippen molar-refractivity contribution in [1.82, 2.24) is 4.98 Å². The van der Waals surface area contributed by atoms with Gasteiger partial charge in [0, 0.05) is 6.20 Å². The maximum atomic E-state index is 12.3. The first-order chi connectivity index (χ1) is 5.24. The van der Waals surface area contributed by atoms with Crippen LogP contribution in [0.1, 0.15) is 31.7 Å². The molecule has 11 heavy (non-hydrogen) atoms. The Morgan fingerprint density at radius 2 is 2.27 bits per heavy atom. The third-order valence-electron chi connectivity index (χ3n) is 1.93. The van der Waals surface area contributed by atoms with Gasteiger partial charge in [-0.1, -0.05) is 19.9 Å².